The van der Waals surface area contributed by atoms with E-state index in [1.165, 1.54) is 0 Å². The summed E-state index contributed by atoms with van der Waals surface area (Å²) in [5, 5.41) is 5.47. The van der Waals surface area contributed by atoms with Gasteiger partial charge in [-0.1, -0.05) is 41.5 Å². The van der Waals surface area contributed by atoms with Crippen molar-refractivity contribution < 1.29 is 14.4 Å². The van der Waals surface area contributed by atoms with Crippen molar-refractivity contribution in [2.75, 3.05) is 0 Å². The van der Waals surface area contributed by atoms with Gasteiger partial charge in [-0.2, -0.15) is 0 Å². The van der Waals surface area contributed by atoms with Crippen LogP contribution >= 0.6 is 0 Å². The van der Waals surface area contributed by atoms with Crippen molar-refractivity contribution in [2.24, 2.45) is 23.5 Å². The van der Waals surface area contributed by atoms with Gasteiger partial charge in [0.2, 0.25) is 11.8 Å². The van der Waals surface area contributed by atoms with E-state index in [1.807, 2.05) is 41.5 Å². The maximum Gasteiger partial charge on any atom is 0.243 e. The molecule has 0 saturated heterocycles. The molecule has 4 N–H and O–H groups in total. The highest BCUT2D eigenvalue weighted by Crippen LogP contribution is 2.09. The van der Waals surface area contributed by atoms with E-state index in [9.17, 15) is 14.4 Å². The summed E-state index contributed by atoms with van der Waals surface area (Å²) in [6.07, 6.45) is 2.38. The van der Waals surface area contributed by atoms with E-state index in [-0.39, 0.29) is 23.7 Å². The highest BCUT2D eigenvalue weighted by atomic mass is 16.2. The van der Waals surface area contributed by atoms with Crippen LogP contribution in [0.25, 0.3) is 0 Å². The Morgan fingerprint density at radius 3 is 1.75 bits per heavy atom. The fourth-order valence-corrected chi connectivity index (χ4v) is 2.54. The second kappa shape index (κ2) is 11.2. The number of nitrogens with two attached hydrogens (primary N) is 1. The van der Waals surface area contributed by atoms with Crippen LogP contribution in [-0.4, -0.2) is 36.2 Å². The van der Waals surface area contributed by atoms with Crippen molar-refractivity contribution in [3.05, 3.63) is 0 Å². The average molecular weight is 341 g/mol. The van der Waals surface area contributed by atoms with E-state index in [0.717, 1.165) is 6.29 Å². The van der Waals surface area contributed by atoms with Gasteiger partial charge in [0.05, 0.1) is 12.1 Å². The maximum atomic E-state index is 12.5. The molecular weight excluding hydrogens is 306 g/mol. The summed E-state index contributed by atoms with van der Waals surface area (Å²) in [5.74, 6) is 0.163. The molecule has 140 valence electrons. The topological polar surface area (TPSA) is 101 Å². The van der Waals surface area contributed by atoms with E-state index in [4.69, 9.17) is 5.73 Å². The van der Waals surface area contributed by atoms with Gasteiger partial charge in [-0.05, 0) is 37.0 Å². The Morgan fingerprint density at radius 2 is 1.33 bits per heavy atom. The van der Waals surface area contributed by atoms with Crippen LogP contribution in [-0.2, 0) is 14.4 Å². The van der Waals surface area contributed by atoms with Crippen molar-refractivity contribution in [1.82, 2.24) is 10.6 Å². The monoisotopic (exact) mass is 341 g/mol. The van der Waals surface area contributed by atoms with E-state index in [1.54, 1.807) is 0 Å². The molecule has 6 heteroatoms. The zero-order chi connectivity index (χ0) is 18.9. The number of aldehydes is 1. The lowest BCUT2D eigenvalue weighted by molar-refractivity contribution is -0.131. The Balaban J connectivity index is 4.88. The molecule has 0 aromatic carbocycles. The molecule has 0 heterocycles. The Morgan fingerprint density at radius 1 is 0.833 bits per heavy atom. The first kappa shape index (κ1) is 22.6. The van der Waals surface area contributed by atoms with Crippen molar-refractivity contribution in [3.63, 3.8) is 0 Å². The van der Waals surface area contributed by atoms with E-state index in [2.05, 4.69) is 10.6 Å². The molecule has 0 unspecified atom stereocenters. The quantitative estimate of drug-likeness (QED) is 0.497. The Labute approximate surface area is 146 Å². The normalized spacial score (nSPS) is 15.2. The molecular formula is C18H35N3O3. The molecule has 0 aliphatic rings. The Bertz CT molecular complexity index is 408. The number of amides is 2. The van der Waals surface area contributed by atoms with E-state index >= 15 is 0 Å². The molecule has 0 radical (unpaired) electrons. The summed E-state index contributed by atoms with van der Waals surface area (Å²) in [5.41, 5.74) is 5.89. The van der Waals surface area contributed by atoms with Crippen LogP contribution in [0.2, 0.25) is 0 Å². The third-order valence-electron chi connectivity index (χ3n) is 3.62. The van der Waals surface area contributed by atoms with Crippen molar-refractivity contribution in [3.8, 4) is 0 Å². The molecule has 0 aliphatic carbocycles. The van der Waals surface area contributed by atoms with Gasteiger partial charge in [0, 0.05) is 0 Å². The maximum absolute atomic E-state index is 12.5. The van der Waals surface area contributed by atoms with Crippen LogP contribution in [0.5, 0.6) is 0 Å². The van der Waals surface area contributed by atoms with Gasteiger partial charge in [-0.15, -0.1) is 0 Å². The summed E-state index contributed by atoms with van der Waals surface area (Å²) in [6, 6.07) is -1.84. The van der Waals surface area contributed by atoms with Crippen LogP contribution < -0.4 is 16.4 Å². The molecule has 3 atom stereocenters. The molecule has 0 fully saturated rings. The molecule has 0 aromatic heterocycles. The average Bonchev–Trinajstić information content (AvgIpc) is 2.43. The lowest BCUT2D eigenvalue weighted by Crippen LogP contribution is -2.54. The van der Waals surface area contributed by atoms with Gasteiger partial charge in [-0.3, -0.25) is 9.59 Å². The molecule has 0 spiro atoms. The Kier molecular flexibility index (Phi) is 10.5. The largest absolute Gasteiger partial charge is 0.345 e. The first-order valence-electron chi connectivity index (χ1n) is 8.88. The summed E-state index contributed by atoms with van der Waals surface area (Å²) in [6.45, 7) is 11.9. The highest BCUT2D eigenvalue weighted by molar-refractivity contribution is 5.90. The minimum Gasteiger partial charge on any atom is -0.345 e. The number of rotatable bonds is 11. The van der Waals surface area contributed by atoms with Crippen LogP contribution in [0.15, 0.2) is 0 Å². The zero-order valence-corrected chi connectivity index (χ0v) is 16.0. The summed E-state index contributed by atoms with van der Waals surface area (Å²) in [4.78, 5) is 35.9. The number of hydrogen-bond donors (Lipinski definition) is 3. The first-order chi connectivity index (χ1) is 11.1. The summed E-state index contributed by atoms with van der Waals surface area (Å²) < 4.78 is 0. The zero-order valence-electron chi connectivity index (χ0n) is 16.0. The predicted octanol–water partition coefficient (Wildman–Crippen LogP) is 1.62. The van der Waals surface area contributed by atoms with Crippen molar-refractivity contribution in [2.45, 2.75) is 78.9 Å². The summed E-state index contributed by atoms with van der Waals surface area (Å²) >= 11 is 0. The molecule has 24 heavy (non-hydrogen) atoms. The van der Waals surface area contributed by atoms with Crippen LogP contribution in [0.1, 0.15) is 60.8 Å². The van der Waals surface area contributed by atoms with Gasteiger partial charge in [0.25, 0.3) is 0 Å². The first-order valence-corrected chi connectivity index (χ1v) is 8.88. The van der Waals surface area contributed by atoms with E-state index < -0.39 is 18.1 Å². The second-order valence-corrected chi connectivity index (χ2v) is 7.81. The fraction of sp³-hybridized carbons (Fsp3) is 0.833. The minimum atomic E-state index is -0.676. The molecule has 0 rings (SSSR count). The standard InChI is InChI=1S/C18H35N3O3/c1-11(2)7-14(10-22)20-18(24)16(9-13(5)6)21-17(23)15(19)8-12(3)4/h10-16H,7-9,19H2,1-6H3,(H,20,24)(H,21,23)/t14-,15+,16+/m0/s1. The van der Waals surface area contributed by atoms with Gasteiger partial charge in [0.1, 0.15) is 12.3 Å². The van der Waals surface area contributed by atoms with Crippen LogP contribution in [0.4, 0.5) is 0 Å². The molecule has 0 aliphatic heterocycles. The van der Waals surface area contributed by atoms with E-state index in [0.29, 0.717) is 25.2 Å². The molecule has 0 aromatic rings. The van der Waals surface area contributed by atoms with Crippen LogP contribution in [0, 0.1) is 17.8 Å². The number of carbonyl (C=O) groups excluding carboxylic acids is 3. The fourth-order valence-electron chi connectivity index (χ4n) is 2.54. The number of hydrogen-bond acceptors (Lipinski definition) is 4. The van der Waals surface area contributed by atoms with Crippen LogP contribution in [0.3, 0.4) is 0 Å². The Hall–Kier alpha value is -1.43. The minimum absolute atomic E-state index is 0.224. The number of nitrogens with one attached hydrogen (secondary N) is 2. The van der Waals surface area contributed by atoms with Gasteiger partial charge in [0.15, 0.2) is 0 Å². The smallest absolute Gasteiger partial charge is 0.243 e. The van der Waals surface area contributed by atoms with Gasteiger partial charge >= 0.3 is 0 Å². The highest BCUT2D eigenvalue weighted by Gasteiger charge is 2.26. The molecule has 0 saturated carbocycles. The SMILES string of the molecule is CC(C)C[C@@H](C=O)NC(=O)[C@@H](CC(C)C)NC(=O)[C@H](N)CC(C)C. The van der Waals surface area contributed by atoms with Gasteiger partial charge < -0.3 is 21.2 Å². The molecule has 2 amide bonds. The predicted molar refractivity (Wildman–Crippen MR) is 96.3 cm³/mol. The molecule has 6 nitrogen and oxygen atoms in total. The van der Waals surface area contributed by atoms with Crippen molar-refractivity contribution >= 4 is 18.1 Å². The lowest BCUT2D eigenvalue weighted by atomic mass is 9.99. The number of carbonyl (C=O) groups is 3. The van der Waals surface area contributed by atoms with Crippen molar-refractivity contribution in [1.29, 1.82) is 0 Å². The summed E-state index contributed by atoms with van der Waals surface area (Å²) in [7, 11) is 0. The third-order valence-corrected chi connectivity index (χ3v) is 3.62. The third kappa shape index (κ3) is 9.65. The van der Waals surface area contributed by atoms with Gasteiger partial charge in [-0.25, -0.2) is 0 Å². The second-order valence-electron chi connectivity index (χ2n) is 7.81. The molecule has 0 bridgehead atoms. The lowest BCUT2D eigenvalue weighted by Gasteiger charge is -2.24.